The first-order valence-electron chi connectivity index (χ1n) is 17.0. The van der Waals surface area contributed by atoms with Crippen molar-refractivity contribution in [2.75, 3.05) is 9.80 Å². The minimum atomic E-state index is -5.24. The molecule has 1 N–H and O–H groups in total. The number of halogens is 8. The van der Waals surface area contributed by atoms with E-state index in [-0.39, 0.29) is 40.4 Å². The van der Waals surface area contributed by atoms with Crippen LogP contribution in [-0.2, 0) is 36.9 Å². The van der Waals surface area contributed by atoms with E-state index in [2.05, 4.69) is 0 Å². The van der Waals surface area contributed by atoms with Crippen LogP contribution in [0.15, 0.2) is 103 Å². The van der Waals surface area contributed by atoms with Crippen molar-refractivity contribution in [1.29, 1.82) is 0 Å². The number of carbonyl (C=O) groups excluding carboxylic acids is 4. The molecule has 0 radical (unpaired) electrons. The van der Waals surface area contributed by atoms with Crippen LogP contribution in [0.5, 0.6) is 5.75 Å². The van der Waals surface area contributed by atoms with Gasteiger partial charge in [-0.2, -0.15) is 26.3 Å². The summed E-state index contributed by atoms with van der Waals surface area (Å²) in [5, 5.41) is 10.6. The van der Waals surface area contributed by atoms with Crippen LogP contribution >= 0.6 is 23.2 Å². The molecule has 15 heteroatoms. The van der Waals surface area contributed by atoms with Gasteiger partial charge in [0.05, 0.1) is 45.7 Å². The third-order valence-electron chi connectivity index (χ3n) is 11.3. The van der Waals surface area contributed by atoms with Crippen LogP contribution in [0.1, 0.15) is 41.0 Å². The summed E-state index contributed by atoms with van der Waals surface area (Å²) in [5.74, 6) is -9.38. The lowest BCUT2D eigenvalue weighted by Crippen LogP contribution is -2.53. The number of anilines is 2. The van der Waals surface area contributed by atoms with Gasteiger partial charge in [0.2, 0.25) is 23.6 Å². The highest BCUT2D eigenvalue weighted by atomic mass is 35.5. The maximum Gasteiger partial charge on any atom is 0.416 e. The smallest absolute Gasteiger partial charge is 0.416 e. The van der Waals surface area contributed by atoms with Crippen LogP contribution in [0.2, 0.25) is 10.0 Å². The largest absolute Gasteiger partial charge is 0.508 e. The van der Waals surface area contributed by atoms with Crippen LogP contribution in [0.4, 0.5) is 37.7 Å². The number of rotatable bonds is 4. The van der Waals surface area contributed by atoms with Crippen molar-refractivity contribution in [2.45, 2.75) is 36.5 Å². The molecule has 2 heterocycles. The van der Waals surface area contributed by atoms with Crippen molar-refractivity contribution < 1.29 is 50.6 Å². The Labute approximate surface area is 318 Å². The number of hydrogen-bond donors (Lipinski definition) is 1. The molecule has 0 aromatic heterocycles. The molecule has 55 heavy (non-hydrogen) atoms. The van der Waals surface area contributed by atoms with Gasteiger partial charge < -0.3 is 5.11 Å². The second-order valence-corrected chi connectivity index (χ2v) is 14.9. The van der Waals surface area contributed by atoms with Crippen molar-refractivity contribution in [3.63, 3.8) is 0 Å². The Morgan fingerprint density at radius 1 is 0.691 bits per heavy atom. The average Bonchev–Trinajstić information content (AvgIpc) is 3.52. The normalized spacial score (nSPS) is 26.5. The summed E-state index contributed by atoms with van der Waals surface area (Å²) >= 11 is 13.1. The molecule has 2 saturated heterocycles. The van der Waals surface area contributed by atoms with Crippen LogP contribution in [0.3, 0.4) is 0 Å². The van der Waals surface area contributed by atoms with Gasteiger partial charge in [-0.15, -0.1) is 0 Å². The molecule has 6 unspecified atom stereocenters. The van der Waals surface area contributed by atoms with Crippen LogP contribution < -0.4 is 9.80 Å². The first-order valence-corrected chi connectivity index (χ1v) is 17.7. The number of alkyl halides is 6. The number of nitrogens with zero attached hydrogens (tertiary/aromatic N) is 2. The minimum Gasteiger partial charge on any atom is -0.508 e. The Kier molecular flexibility index (Phi) is 8.50. The molecule has 4 amide bonds. The van der Waals surface area contributed by atoms with E-state index in [0.717, 1.165) is 4.90 Å². The van der Waals surface area contributed by atoms with Gasteiger partial charge in [0.15, 0.2) is 0 Å². The summed E-state index contributed by atoms with van der Waals surface area (Å²) in [6.45, 7) is 0. The van der Waals surface area contributed by atoms with E-state index in [1.54, 1.807) is 48.5 Å². The predicted octanol–water partition coefficient (Wildman–Crippen LogP) is 9.10. The maximum absolute atomic E-state index is 15.3. The fourth-order valence-electron chi connectivity index (χ4n) is 9.16. The van der Waals surface area contributed by atoms with Gasteiger partial charge in [-0.3, -0.25) is 19.2 Å². The fourth-order valence-corrected chi connectivity index (χ4v) is 9.63. The van der Waals surface area contributed by atoms with Gasteiger partial charge in [0.1, 0.15) is 5.75 Å². The lowest BCUT2D eigenvalue weighted by Gasteiger charge is -2.51. The van der Waals surface area contributed by atoms with E-state index in [0.29, 0.717) is 33.7 Å². The van der Waals surface area contributed by atoms with Crippen molar-refractivity contribution in [3.05, 3.63) is 135 Å². The van der Waals surface area contributed by atoms with Gasteiger partial charge in [0.25, 0.3) is 0 Å². The number of allylic oxidation sites excluding steroid dienone is 2. The van der Waals surface area contributed by atoms with E-state index in [4.69, 9.17) is 23.2 Å². The molecule has 2 aliphatic carbocycles. The third kappa shape index (κ3) is 5.56. The molecule has 6 atom stereocenters. The average molecular weight is 800 g/mol. The van der Waals surface area contributed by atoms with Crippen molar-refractivity contribution >= 4 is 58.2 Å². The van der Waals surface area contributed by atoms with E-state index in [1.165, 1.54) is 30.3 Å². The number of aromatic hydroxyl groups is 1. The Hall–Kier alpha value is -5.14. The molecule has 2 aliphatic heterocycles. The van der Waals surface area contributed by atoms with Gasteiger partial charge in [0, 0.05) is 16.0 Å². The first kappa shape index (κ1) is 36.8. The topological polar surface area (TPSA) is 95.0 Å². The molecule has 282 valence electrons. The zero-order valence-electron chi connectivity index (χ0n) is 28.0. The lowest BCUT2D eigenvalue weighted by atomic mass is 9.49. The monoisotopic (exact) mass is 798 g/mol. The van der Waals surface area contributed by atoms with E-state index < -0.39 is 87.8 Å². The lowest BCUT2D eigenvalue weighted by molar-refractivity contribution is -0.143. The number of fused-ring (bicyclic) bond motifs is 4. The molecule has 3 fully saturated rings. The second kappa shape index (κ2) is 12.7. The molecule has 1 saturated carbocycles. The summed E-state index contributed by atoms with van der Waals surface area (Å²) in [6, 6.07) is 19.2. The second-order valence-electron chi connectivity index (χ2n) is 14.1. The fraction of sp³-hybridized carbons (Fsp3) is 0.250. The molecule has 0 spiro atoms. The third-order valence-corrected chi connectivity index (χ3v) is 11.9. The summed E-state index contributed by atoms with van der Waals surface area (Å²) in [7, 11) is 0. The van der Waals surface area contributed by atoms with E-state index in [9.17, 15) is 45.8 Å². The zero-order valence-corrected chi connectivity index (χ0v) is 29.5. The zero-order chi connectivity index (χ0) is 39.4. The number of carbonyl (C=O) groups is 4. The molecule has 8 rings (SSSR count). The summed E-state index contributed by atoms with van der Waals surface area (Å²) in [4.78, 5) is 59.9. The Morgan fingerprint density at radius 2 is 1.36 bits per heavy atom. The van der Waals surface area contributed by atoms with Crippen LogP contribution in [0.25, 0.3) is 0 Å². The van der Waals surface area contributed by atoms with Gasteiger partial charge in [-0.1, -0.05) is 77.3 Å². The predicted molar refractivity (Wildman–Crippen MR) is 188 cm³/mol. The maximum atomic E-state index is 15.3. The summed E-state index contributed by atoms with van der Waals surface area (Å²) < 4.78 is 83.3. The number of hydrogen-bond acceptors (Lipinski definition) is 5. The highest BCUT2D eigenvalue weighted by molar-refractivity contribution is 6.33. The quantitative estimate of drug-likeness (QED) is 0.126. The number of phenolic OH excluding ortho intramolecular Hbond substituents is 1. The van der Waals surface area contributed by atoms with Gasteiger partial charge >= 0.3 is 12.4 Å². The highest BCUT2D eigenvalue weighted by Gasteiger charge is 2.70. The van der Waals surface area contributed by atoms with Gasteiger partial charge in [-0.05, 0) is 78.4 Å². The standard InChI is InChI=1S/C40H26Cl2F6N2O5/c41-22-7-4-8-23(16-22)50-35(53)30-18-29-26(33(27-10-9-25(51)17-31(27)42)38(30,37(50)55)19-5-2-1-3-6-19)11-12-28-32(29)36(54)49(34(28)52)24-14-20(39(43,44)45)13-21(15-24)40(46,47)48/h1-11,13-17,28-30,32-33,51H,12,18H2. The summed E-state index contributed by atoms with van der Waals surface area (Å²) in [5.41, 5.74) is -4.67. The van der Waals surface area contributed by atoms with Gasteiger partial charge in [-0.25, -0.2) is 9.80 Å². The number of imide groups is 2. The molecule has 0 bridgehead atoms. The Balaban J connectivity index is 1.33. The van der Waals surface area contributed by atoms with Crippen molar-refractivity contribution in [2.24, 2.45) is 23.7 Å². The minimum absolute atomic E-state index is 0.0169. The van der Waals surface area contributed by atoms with E-state index in [1.807, 2.05) is 0 Å². The molecule has 4 aromatic rings. The Morgan fingerprint density at radius 3 is 1.98 bits per heavy atom. The number of phenols is 1. The van der Waals surface area contributed by atoms with E-state index >= 15 is 4.79 Å². The molecule has 4 aliphatic rings. The number of amides is 4. The molecule has 4 aromatic carbocycles. The first-order chi connectivity index (χ1) is 25.9. The molecule has 7 nitrogen and oxygen atoms in total. The number of benzene rings is 4. The summed E-state index contributed by atoms with van der Waals surface area (Å²) in [6.07, 6.45) is -9.19. The van der Waals surface area contributed by atoms with Crippen LogP contribution in [0, 0.1) is 23.7 Å². The molecular weight excluding hydrogens is 773 g/mol. The Bertz CT molecular complexity index is 2320. The highest BCUT2D eigenvalue weighted by Crippen LogP contribution is 2.65. The van der Waals surface area contributed by atoms with Crippen molar-refractivity contribution in [3.8, 4) is 5.75 Å². The van der Waals surface area contributed by atoms with Crippen molar-refractivity contribution in [1.82, 2.24) is 0 Å². The van der Waals surface area contributed by atoms with Crippen LogP contribution in [-0.4, -0.2) is 28.7 Å². The SMILES string of the molecule is O=C1C2CC=C3C(CC4C(=O)N(c5cccc(Cl)c5)C(=O)C4(c4ccccc4)C3c3ccc(O)cc3Cl)C2C(=O)N1c1cc(C(F)(F)F)cc(C(F)(F)F)c1. The molecular formula is C40H26Cl2F6N2O5.